The van der Waals surface area contributed by atoms with E-state index >= 15 is 0 Å². The number of amides is 1. The molecule has 1 aromatic heterocycles. The van der Waals surface area contributed by atoms with Crippen molar-refractivity contribution >= 4 is 17.7 Å². The van der Waals surface area contributed by atoms with Crippen molar-refractivity contribution in [3.63, 3.8) is 0 Å². The van der Waals surface area contributed by atoms with Crippen LogP contribution in [0.5, 0.6) is 0 Å². The van der Waals surface area contributed by atoms with Crippen LogP contribution in [0, 0.1) is 10.1 Å². The summed E-state index contributed by atoms with van der Waals surface area (Å²) in [6.07, 6.45) is 8.42. The molecule has 9 nitrogen and oxygen atoms in total. The third-order valence-corrected chi connectivity index (χ3v) is 4.76. The summed E-state index contributed by atoms with van der Waals surface area (Å²) in [5.74, 6) is -0.916. The average molecular weight is 366 g/mol. The van der Waals surface area contributed by atoms with Crippen molar-refractivity contribution in [1.82, 2.24) is 14.5 Å². The van der Waals surface area contributed by atoms with Crippen LogP contribution in [-0.2, 0) is 14.3 Å². The lowest BCUT2D eigenvalue weighted by Gasteiger charge is -2.27. The van der Waals surface area contributed by atoms with Crippen LogP contribution in [0.3, 0.4) is 0 Å². The van der Waals surface area contributed by atoms with Crippen molar-refractivity contribution in [2.75, 3.05) is 13.7 Å². The van der Waals surface area contributed by atoms with Gasteiger partial charge in [0.25, 0.3) is 0 Å². The summed E-state index contributed by atoms with van der Waals surface area (Å²) in [7, 11) is 1.31. The molecule has 0 aromatic carbocycles. The van der Waals surface area contributed by atoms with Crippen molar-refractivity contribution in [2.24, 2.45) is 0 Å². The number of nitrogens with zero attached hydrogens (tertiary/aromatic N) is 4. The van der Waals surface area contributed by atoms with Gasteiger partial charge >= 0.3 is 11.8 Å². The number of ether oxygens (including phenoxy) is 1. The maximum atomic E-state index is 13.1. The van der Waals surface area contributed by atoms with Crippen molar-refractivity contribution in [3.05, 3.63) is 22.6 Å². The molecule has 1 aromatic rings. The molecule has 1 saturated heterocycles. The molecule has 0 N–H and O–H groups in total. The van der Waals surface area contributed by atoms with Gasteiger partial charge in [0.05, 0.1) is 7.11 Å². The van der Waals surface area contributed by atoms with Crippen LogP contribution in [-0.4, -0.2) is 50.9 Å². The zero-order valence-corrected chi connectivity index (χ0v) is 15.3. The number of nitro groups is 1. The Labute approximate surface area is 152 Å². The van der Waals surface area contributed by atoms with Gasteiger partial charge in [0, 0.05) is 6.54 Å². The second-order valence-electron chi connectivity index (χ2n) is 6.51. The van der Waals surface area contributed by atoms with E-state index in [2.05, 4.69) is 11.9 Å². The molecule has 1 aliphatic rings. The molecule has 2 heterocycles. The number of likely N-dealkylation sites (tertiary alicyclic amines) is 1. The molecule has 1 aliphatic heterocycles. The molecular weight excluding hydrogens is 340 g/mol. The van der Waals surface area contributed by atoms with Gasteiger partial charge in [-0.15, -0.1) is 0 Å². The van der Waals surface area contributed by atoms with Crippen molar-refractivity contribution in [1.29, 1.82) is 0 Å². The Kier molecular flexibility index (Phi) is 7.11. The Morgan fingerprint density at radius 2 is 2.19 bits per heavy atom. The second kappa shape index (κ2) is 9.30. The Bertz CT molecular complexity index is 645. The average Bonchev–Trinajstić information content (AvgIpc) is 3.30. The number of aromatic nitrogens is 2. The maximum Gasteiger partial charge on any atom is 0.381 e. The smallest absolute Gasteiger partial charge is 0.381 e. The van der Waals surface area contributed by atoms with E-state index in [0.29, 0.717) is 19.4 Å². The number of hydrogen-bond donors (Lipinski definition) is 0. The van der Waals surface area contributed by atoms with Gasteiger partial charge < -0.3 is 19.8 Å². The van der Waals surface area contributed by atoms with Crippen LogP contribution in [0.25, 0.3) is 0 Å². The van der Waals surface area contributed by atoms with Gasteiger partial charge in [-0.1, -0.05) is 32.6 Å². The van der Waals surface area contributed by atoms with E-state index in [9.17, 15) is 19.7 Å². The van der Waals surface area contributed by atoms with Crippen LogP contribution in [0.4, 0.5) is 5.82 Å². The highest BCUT2D eigenvalue weighted by Crippen LogP contribution is 2.27. The van der Waals surface area contributed by atoms with Crippen LogP contribution >= 0.6 is 0 Å². The largest absolute Gasteiger partial charge is 0.467 e. The first kappa shape index (κ1) is 19.9. The number of unbranched alkanes of at least 4 members (excludes halogenated alkanes) is 3. The summed E-state index contributed by atoms with van der Waals surface area (Å²) < 4.78 is 6.31. The van der Waals surface area contributed by atoms with Crippen molar-refractivity contribution in [3.8, 4) is 0 Å². The summed E-state index contributed by atoms with van der Waals surface area (Å²) in [5, 5.41) is 10.9. The second-order valence-corrected chi connectivity index (χ2v) is 6.51. The minimum absolute atomic E-state index is 0.207. The summed E-state index contributed by atoms with van der Waals surface area (Å²) in [6.45, 7) is 2.59. The third kappa shape index (κ3) is 4.59. The molecule has 0 aliphatic carbocycles. The fourth-order valence-corrected chi connectivity index (χ4v) is 3.36. The molecule has 144 valence electrons. The van der Waals surface area contributed by atoms with Gasteiger partial charge in [0.1, 0.15) is 18.3 Å². The molecule has 1 fully saturated rings. The number of esters is 1. The van der Waals surface area contributed by atoms with Crippen LogP contribution in [0.1, 0.15) is 57.9 Å². The molecule has 2 rings (SSSR count). The summed E-state index contributed by atoms with van der Waals surface area (Å²) in [5.41, 5.74) is 0. The Morgan fingerprint density at radius 1 is 1.42 bits per heavy atom. The third-order valence-electron chi connectivity index (χ3n) is 4.76. The highest BCUT2D eigenvalue weighted by atomic mass is 16.6. The van der Waals surface area contributed by atoms with Crippen LogP contribution in [0.2, 0.25) is 0 Å². The van der Waals surface area contributed by atoms with Gasteiger partial charge in [0.15, 0.2) is 0 Å². The first-order valence-electron chi connectivity index (χ1n) is 9.05. The standard InChI is InChI=1S/C17H26N4O5/c1-3-4-5-6-8-13(19-11-15(18-12-19)21(24)25)16(22)20-10-7-9-14(20)17(23)26-2/h11-14H,3-10H2,1-2H3/t13-,14+/m1/s1. The Morgan fingerprint density at radius 3 is 2.81 bits per heavy atom. The first-order valence-corrected chi connectivity index (χ1v) is 9.05. The molecule has 0 spiro atoms. The van der Waals surface area contributed by atoms with E-state index in [0.717, 1.165) is 32.1 Å². The number of imidazole rings is 1. The van der Waals surface area contributed by atoms with E-state index < -0.39 is 23.0 Å². The molecule has 0 radical (unpaired) electrons. The highest BCUT2D eigenvalue weighted by Gasteiger charge is 2.38. The SMILES string of the molecule is CCCCCC[C@H](C(=O)N1CCC[C@H]1C(=O)OC)n1cnc([N+](=O)[O-])c1. The minimum atomic E-state index is -0.599. The fourth-order valence-electron chi connectivity index (χ4n) is 3.36. The predicted molar refractivity (Wildman–Crippen MR) is 93.4 cm³/mol. The molecule has 2 atom stereocenters. The van der Waals surface area contributed by atoms with E-state index in [1.165, 1.54) is 24.2 Å². The molecule has 0 bridgehead atoms. The van der Waals surface area contributed by atoms with Crippen LogP contribution in [0.15, 0.2) is 12.5 Å². The maximum absolute atomic E-state index is 13.1. The Balaban J connectivity index is 2.19. The number of hydrogen-bond acceptors (Lipinski definition) is 6. The predicted octanol–water partition coefficient (Wildman–Crippen LogP) is 2.47. The zero-order chi connectivity index (χ0) is 19.1. The summed E-state index contributed by atoms with van der Waals surface area (Å²) >= 11 is 0. The lowest BCUT2D eigenvalue weighted by molar-refractivity contribution is -0.389. The van der Waals surface area contributed by atoms with Gasteiger partial charge in [-0.05, 0) is 29.2 Å². The van der Waals surface area contributed by atoms with E-state index in [4.69, 9.17) is 4.74 Å². The topological polar surface area (TPSA) is 108 Å². The van der Waals surface area contributed by atoms with Gasteiger partial charge in [-0.3, -0.25) is 9.36 Å². The highest BCUT2D eigenvalue weighted by molar-refractivity contribution is 5.87. The number of carbonyl (C=O) groups excluding carboxylic acids is 2. The number of carbonyl (C=O) groups is 2. The number of rotatable bonds is 9. The van der Waals surface area contributed by atoms with E-state index in [-0.39, 0.29) is 11.7 Å². The number of methoxy groups -OCH3 is 1. The molecule has 26 heavy (non-hydrogen) atoms. The molecular formula is C17H26N4O5. The summed E-state index contributed by atoms with van der Waals surface area (Å²) in [6, 6.07) is -1.18. The van der Waals surface area contributed by atoms with E-state index in [1.54, 1.807) is 4.90 Å². The lowest BCUT2D eigenvalue weighted by Crippen LogP contribution is -2.44. The summed E-state index contributed by atoms with van der Waals surface area (Å²) in [4.78, 5) is 40.7. The van der Waals surface area contributed by atoms with Crippen molar-refractivity contribution < 1.29 is 19.2 Å². The monoisotopic (exact) mass is 366 g/mol. The molecule has 9 heteroatoms. The van der Waals surface area contributed by atoms with Gasteiger partial charge in [-0.25, -0.2) is 4.79 Å². The normalized spacial score (nSPS) is 17.9. The Hall–Kier alpha value is -2.45. The molecule has 0 unspecified atom stereocenters. The zero-order valence-electron chi connectivity index (χ0n) is 15.3. The van der Waals surface area contributed by atoms with Crippen molar-refractivity contribution in [2.45, 2.75) is 64.0 Å². The van der Waals surface area contributed by atoms with E-state index in [1.807, 2.05) is 0 Å². The first-order chi connectivity index (χ1) is 12.5. The fraction of sp³-hybridized carbons (Fsp3) is 0.706. The van der Waals surface area contributed by atoms with Crippen LogP contribution < -0.4 is 0 Å². The minimum Gasteiger partial charge on any atom is -0.467 e. The van der Waals surface area contributed by atoms with Gasteiger partial charge in [0.2, 0.25) is 12.2 Å². The van der Waals surface area contributed by atoms with Gasteiger partial charge in [-0.2, -0.15) is 0 Å². The quantitative estimate of drug-likeness (QED) is 0.287. The lowest BCUT2D eigenvalue weighted by atomic mass is 10.1. The molecule has 1 amide bonds. The molecule has 0 saturated carbocycles.